The van der Waals surface area contributed by atoms with Crippen LogP contribution in [0, 0.1) is 11.6 Å². The van der Waals surface area contributed by atoms with Gasteiger partial charge in [0.1, 0.15) is 11.6 Å². The van der Waals surface area contributed by atoms with Crippen LogP contribution in [0.3, 0.4) is 0 Å². The second-order valence-electron chi connectivity index (χ2n) is 6.24. The number of benzene rings is 2. The van der Waals surface area contributed by atoms with E-state index in [2.05, 4.69) is 35.8 Å². The van der Waals surface area contributed by atoms with Crippen molar-refractivity contribution in [1.29, 1.82) is 0 Å². The fraction of sp³-hybridized carbons (Fsp3) is 0.0526. The maximum Gasteiger partial charge on any atom is 0.293 e. The Bertz CT molecular complexity index is 1280. The lowest BCUT2D eigenvalue weighted by Crippen LogP contribution is -2.20. The molecule has 0 radical (unpaired) electrons. The summed E-state index contributed by atoms with van der Waals surface area (Å²) in [5.74, 6) is -1.74. The Balaban J connectivity index is 1.58. The Morgan fingerprint density at radius 2 is 2.03 bits per heavy atom. The molecule has 4 aromatic rings. The quantitative estimate of drug-likeness (QED) is 0.246. The van der Waals surface area contributed by atoms with Gasteiger partial charge in [-0.1, -0.05) is 23.4 Å². The Hall–Kier alpha value is -4.13. The zero-order valence-electron chi connectivity index (χ0n) is 16.1. The molecular weight excluding hydrogens is 442 g/mol. The van der Waals surface area contributed by atoms with E-state index in [4.69, 9.17) is 5.73 Å². The van der Waals surface area contributed by atoms with Crippen LogP contribution in [0.5, 0.6) is 0 Å². The summed E-state index contributed by atoms with van der Waals surface area (Å²) in [6.07, 6.45) is 0.985. The number of thioether (sulfide) groups is 1. The first kappa shape index (κ1) is 21.1. The average Bonchev–Trinajstić information content (AvgIpc) is 3.41. The summed E-state index contributed by atoms with van der Waals surface area (Å²) in [6.45, 7) is 0. The van der Waals surface area contributed by atoms with Crippen LogP contribution < -0.4 is 11.2 Å². The third-order valence-corrected chi connectivity index (χ3v) is 5.14. The van der Waals surface area contributed by atoms with Crippen LogP contribution in [-0.2, 0) is 5.75 Å². The number of hydrogen-bond acceptors (Lipinski definition) is 9. The molecule has 0 aliphatic heterocycles. The van der Waals surface area contributed by atoms with E-state index in [-0.39, 0.29) is 28.6 Å². The topological polar surface area (TPSA) is 137 Å². The zero-order chi connectivity index (χ0) is 22.5. The average molecular weight is 456 g/mol. The van der Waals surface area contributed by atoms with Gasteiger partial charge in [0, 0.05) is 16.2 Å². The first-order valence-electron chi connectivity index (χ1n) is 9.02. The number of hydrazone groups is 1. The summed E-state index contributed by atoms with van der Waals surface area (Å²) in [5.41, 5.74) is 8.14. The van der Waals surface area contributed by atoms with Gasteiger partial charge in [-0.3, -0.25) is 4.79 Å². The van der Waals surface area contributed by atoms with Crippen molar-refractivity contribution in [1.82, 2.24) is 30.7 Å². The molecule has 0 aliphatic rings. The highest BCUT2D eigenvalue weighted by molar-refractivity contribution is 7.98. The number of nitrogens with one attached hydrogen (secondary N) is 1. The Labute approximate surface area is 183 Å². The van der Waals surface area contributed by atoms with Crippen molar-refractivity contribution >= 4 is 29.7 Å². The minimum absolute atomic E-state index is 0.0348. The van der Waals surface area contributed by atoms with Crippen LogP contribution in [0.15, 0.2) is 63.2 Å². The standard InChI is InChI=1S/C19H14F2N8O2S/c20-12-6-7-14(21)11(8-12)9-23-25-19(30)16-15(10-32-13-4-2-1-3-5-13)29(28-24-16)18-17(22)26-31-27-18/h1-9H,10H2,(H2,22,26)(H,25,30). The van der Waals surface area contributed by atoms with Crippen molar-refractivity contribution < 1.29 is 18.2 Å². The van der Waals surface area contributed by atoms with Crippen molar-refractivity contribution in [2.45, 2.75) is 10.6 Å². The SMILES string of the molecule is Nc1nonc1-n1nnc(C(=O)NN=Cc2cc(F)ccc2F)c1CSc1ccccc1. The van der Waals surface area contributed by atoms with E-state index in [9.17, 15) is 13.6 Å². The van der Waals surface area contributed by atoms with Gasteiger partial charge in [-0.2, -0.15) is 9.78 Å². The molecule has 13 heteroatoms. The number of nitrogen functional groups attached to an aromatic ring is 1. The van der Waals surface area contributed by atoms with Gasteiger partial charge in [-0.15, -0.1) is 16.9 Å². The number of anilines is 1. The molecule has 2 aromatic carbocycles. The number of halogens is 2. The molecule has 0 unspecified atom stereocenters. The number of nitrogens with two attached hydrogens (primary N) is 1. The van der Waals surface area contributed by atoms with Gasteiger partial charge in [0.2, 0.25) is 11.6 Å². The first-order chi connectivity index (χ1) is 15.5. The van der Waals surface area contributed by atoms with Crippen LogP contribution in [-0.4, -0.2) is 37.4 Å². The predicted molar refractivity (Wildman–Crippen MR) is 111 cm³/mol. The Kier molecular flexibility index (Phi) is 6.17. The second kappa shape index (κ2) is 9.34. The second-order valence-corrected chi connectivity index (χ2v) is 7.29. The Morgan fingerprint density at radius 1 is 1.22 bits per heavy atom. The molecule has 2 heterocycles. The maximum absolute atomic E-state index is 13.7. The zero-order valence-corrected chi connectivity index (χ0v) is 17.0. The number of amides is 1. The molecule has 0 saturated heterocycles. The smallest absolute Gasteiger partial charge is 0.293 e. The van der Waals surface area contributed by atoms with Gasteiger partial charge in [0.05, 0.1) is 11.9 Å². The third-order valence-electron chi connectivity index (χ3n) is 4.12. The first-order valence-corrected chi connectivity index (χ1v) is 10.0. The highest BCUT2D eigenvalue weighted by Crippen LogP contribution is 2.25. The van der Waals surface area contributed by atoms with Crippen LogP contribution in [0.1, 0.15) is 21.7 Å². The summed E-state index contributed by atoms with van der Waals surface area (Å²) in [5, 5.41) is 18.7. The summed E-state index contributed by atoms with van der Waals surface area (Å²) < 4.78 is 32.8. The summed E-state index contributed by atoms with van der Waals surface area (Å²) in [7, 11) is 0. The number of aromatic nitrogens is 5. The summed E-state index contributed by atoms with van der Waals surface area (Å²) >= 11 is 1.42. The molecule has 32 heavy (non-hydrogen) atoms. The summed E-state index contributed by atoms with van der Waals surface area (Å²) in [4.78, 5) is 13.6. The van der Waals surface area contributed by atoms with Gasteiger partial charge in [0.25, 0.3) is 5.91 Å². The minimum atomic E-state index is -0.719. The molecule has 2 aromatic heterocycles. The molecule has 0 aliphatic carbocycles. The molecule has 0 fully saturated rings. The van der Waals surface area contributed by atoms with Crippen LogP contribution >= 0.6 is 11.8 Å². The van der Waals surface area contributed by atoms with Gasteiger partial charge < -0.3 is 5.73 Å². The highest BCUT2D eigenvalue weighted by Gasteiger charge is 2.24. The van der Waals surface area contributed by atoms with E-state index in [1.165, 1.54) is 16.4 Å². The Morgan fingerprint density at radius 3 is 2.78 bits per heavy atom. The van der Waals surface area contributed by atoms with Crippen molar-refractivity contribution in [2.75, 3.05) is 5.73 Å². The van der Waals surface area contributed by atoms with Crippen LogP contribution in [0.2, 0.25) is 0 Å². The molecule has 10 nitrogen and oxygen atoms in total. The van der Waals surface area contributed by atoms with Crippen LogP contribution in [0.4, 0.5) is 14.6 Å². The minimum Gasteiger partial charge on any atom is -0.378 e. The van der Waals surface area contributed by atoms with Gasteiger partial charge >= 0.3 is 0 Å². The number of nitrogens with zero attached hydrogens (tertiary/aromatic N) is 6. The highest BCUT2D eigenvalue weighted by atomic mass is 32.2. The lowest BCUT2D eigenvalue weighted by atomic mass is 10.2. The largest absolute Gasteiger partial charge is 0.378 e. The predicted octanol–water partition coefficient (Wildman–Crippen LogP) is 2.57. The van der Waals surface area contributed by atoms with Crippen molar-refractivity contribution in [3.8, 4) is 5.82 Å². The monoisotopic (exact) mass is 456 g/mol. The van der Waals surface area contributed by atoms with E-state index in [1.54, 1.807) is 0 Å². The lowest BCUT2D eigenvalue weighted by Gasteiger charge is -2.05. The van der Waals surface area contributed by atoms with Crippen molar-refractivity contribution in [2.24, 2.45) is 5.10 Å². The van der Waals surface area contributed by atoms with Crippen molar-refractivity contribution in [3.63, 3.8) is 0 Å². The van der Waals surface area contributed by atoms with E-state index in [0.29, 0.717) is 5.69 Å². The molecule has 3 N–H and O–H groups in total. The lowest BCUT2D eigenvalue weighted by molar-refractivity contribution is 0.0949. The fourth-order valence-electron chi connectivity index (χ4n) is 2.61. The summed E-state index contributed by atoms with van der Waals surface area (Å²) in [6, 6.07) is 12.3. The van der Waals surface area contributed by atoms with Gasteiger partial charge in [0.15, 0.2) is 5.69 Å². The molecule has 1 amide bonds. The van der Waals surface area contributed by atoms with E-state index in [1.807, 2.05) is 30.3 Å². The molecule has 0 atom stereocenters. The molecule has 0 saturated carbocycles. The number of carbonyl (C=O) groups is 1. The molecule has 4 rings (SSSR count). The number of rotatable bonds is 7. The molecule has 0 bridgehead atoms. The number of hydrogen-bond donors (Lipinski definition) is 2. The van der Waals surface area contributed by atoms with Gasteiger partial charge in [-0.05, 0) is 40.6 Å². The number of carbonyl (C=O) groups excluding carboxylic acids is 1. The van der Waals surface area contributed by atoms with E-state index >= 15 is 0 Å². The maximum atomic E-state index is 13.7. The van der Waals surface area contributed by atoms with E-state index in [0.717, 1.165) is 29.3 Å². The van der Waals surface area contributed by atoms with Crippen LogP contribution in [0.25, 0.3) is 5.82 Å². The molecule has 0 spiro atoms. The van der Waals surface area contributed by atoms with Gasteiger partial charge in [-0.25, -0.2) is 18.8 Å². The molecule has 162 valence electrons. The van der Waals surface area contributed by atoms with E-state index < -0.39 is 17.5 Å². The normalized spacial score (nSPS) is 11.2. The third kappa shape index (κ3) is 4.62. The molecular formula is C19H14F2N8O2S. The fourth-order valence-corrected chi connectivity index (χ4v) is 3.52. The van der Waals surface area contributed by atoms with Crippen molar-refractivity contribution in [3.05, 3.63) is 77.1 Å².